The Morgan fingerprint density at radius 1 is 1.32 bits per heavy atom. The van der Waals surface area contributed by atoms with Gasteiger partial charge >= 0.3 is 0 Å². The number of ether oxygens (including phenoxy) is 2. The van der Waals surface area contributed by atoms with E-state index in [0.29, 0.717) is 35.9 Å². The molecule has 0 fully saturated rings. The average molecular weight is 346 g/mol. The molecule has 0 spiro atoms. The summed E-state index contributed by atoms with van der Waals surface area (Å²) < 4.78 is 11.5. The summed E-state index contributed by atoms with van der Waals surface area (Å²) in [5.74, 6) is 0.685. The Hall–Kier alpha value is -2.06. The van der Waals surface area contributed by atoms with Gasteiger partial charge in [0.05, 0.1) is 17.4 Å². The molecule has 1 aromatic carbocycles. The van der Waals surface area contributed by atoms with E-state index in [2.05, 4.69) is 25.2 Å². The van der Waals surface area contributed by atoms with Crippen molar-refractivity contribution in [3.8, 4) is 11.8 Å². The maximum atomic E-state index is 12.8. The summed E-state index contributed by atoms with van der Waals surface area (Å²) in [4.78, 5) is 12.8. The summed E-state index contributed by atoms with van der Waals surface area (Å²) in [5, 5.41) is 12.2. The molecule has 0 saturated carbocycles. The monoisotopic (exact) mass is 346 g/mol. The van der Waals surface area contributed by atoms with E-state index in [1.54, 1.807) is 25.1 Å². The number of anilines is 1. The lowest BCUT2D eigenvalue weighted by Crippen LogP contribution is -2.44. The SMILES string of the molecule is CCCO[C@](C)(CC(C)C)C(=O)Nc1ccc(OC(C)C)cc1C#N. The van der Waals surface area contributed by atoms with Gasteiger partial charge in [0, 0.05) is 12.7 Å². The summed E-state index contributed by atoms with van der Waals surface area (Å²) in [6.07, 6.45) is 1.46. The Morgan fingerprint density at radius 2 is 2.00 bits per heavy atom. The molecule has 1 aromatic rings. The van der Waals surface area contributed by atoms with Crippen molar-refractivity contribution in [2.24, 2.45) is 5.92 Å². The first-order chi connectivity index (χ1) is 11.7. The molecule has 25 heavy (non-hydrogen) atoms. The third-order valence-corrected chi connectivity index (χ3v) is 3.63. The maximum absolute atomic E-state index is 12.8. The van der Waals surface area contributed by atoms with E-state index < -0.39 is 5.60 Å². The van der Waals surface area contributed by atoms with Gasteiger partial charge in [-0.1, -0.05) is 20.8 Å². The molecule has 1 rings (SSSR count). The van der Waals surface area contributed by atoms with E-state index in [-0.39, 0.29) is 12.0 Å². The standard InChI is InChI=1S/C20H30N2O3/c1-7-10-24-20(6,12-14(2)3)19(23)22-18-9-8-17(25-15(4)5)11-16(18)13-21/h8-9,11,14-15H,7,10,12H2,1-6H3,(H,22,23)/t20-/m1/s1. The smallest absolute Gasteiger partial charge is 0.256 e. The van der Waals surface area contributed by atoms with Crippen LogP contribution in [-0.2, 0) is 9.53 Å². The Bertz CT molecular complexity index is 620. The van der Waals surface area contributed by atoms with Gasteiger partial charge in [-0.2, -0.15) is 5.26 Å². The molecule has 0 unspecified atom stereocenters. The lowest BCUT2D eigenvalue weighted by molar-refractivity contribution is -0.141. The second-order valence-corrected chi connectivity index (χ2v) is 7.12. The first kappa shape index (κ1) is 21.0. The molecule has 0 bridgehead atoms. The quantitative estimate of drug-likeness (QED) is 0.714. The molecule has 1 amide bonds. The zero-order valence-electron chi connectivity index (χ0n) is 16.2. The van der Waals surface area contributed by atoms with Crippen molar-refractivity contribution < 1.29 is 14.3 Å². The van der Waals surface area contributed by atoms with Gasteiger partial charge in [-0.25, -0.2) is 0 Å². The molecule has 0 saturated heterocycles. The van der Waals surface area contributed by atoms with Crippen LogP contribution >= 0.6 is 0 Å². The fourth-order valence-corrected chi connectivity index (χ4v) is 2.65. The van der Waals surface area contributed by atoms with Gasteiger partial charge in [0.2, 0.25) is 0 Å². The first-order valence-corrected chi connectivity index (χ1v) is 8.88. The molecule has 0 radical (unpaired) electrons. The lowest BCUT2D eigenvalue weighted by Gasteiger charge is -2.30. The molecule has 0 aliphatic rings. The third kappa shape index (κ3) is 6.39. The van der Waals surface area contributed by atoms with Crippen LogP contribution in [0.5, 0.6) is 5.75 Å². The molecule has 1 N–H and O–H groups in total. The maximum Gasteiger partial charge on any atom is 0.256 e. The number of hydrogen-bond acceptors (Lipinski definition) is 4. The van der Waals surface area contributed by atoms with Gasteiger partial charge in [0.1, 0.15) is 17.4 Å². The van der Waals surface area contributed by atoms with Crippen LogP contribution in [0.2, 0.25) is 0 Å². The Morgan fingerprint density at radius 3 is 2.52 bits per heavy atom. The fourth-order valence-electron chi connectivity index (χ4n) is 2.65. The predicted molar refractivity (Wildman–Crippen MR) is 99.7 cm³/mol. The molecular formula is C20H30N2O3. The summed E-state index contributed by atoms with van der Waals surface area (Å²) >= 11 is 0. The van der Waals surface area contributed by atoms with Crippen LogP contribution in [0.3, 0.4) is 0 Å². The molecular weight excluding hydrogens is 316 g/mol. The summed E-state index contributed by atoms with van der Waals surface area (Å²) in [7, 11) is 0. The van der Waals surface area contributed by atoms with Crippen LogP contribution in [0, 0.1) is 17.2 Å². The van der Waals surface area contributed by atoms with Crippen LogP contribution in [0.1, 0.15) is 59.9 Å². The fraction of sp³-hybridized carbons (Fsp3) is 0.600. The van der Waals surface area contributed by atoms with Crippen LogP contribution in [0.25, 0.3) is 0 Å². The molecule has 1 atom stereocenters. The van der Waals surface area contributed by atoms with E-state index in [1.165, 1.54) is 0 Å². The third-order valence-electron chi connectivity index (χ3n) is 3.63. The number of benzene rings is 1. The number of hydrogen-bond donors (Lipinski definition) is 1. The van der Waals surface area contributed by atoms with E-state index >= 15 is 0 Å². The highest BCUT2D eigenvalue weighted by atomic mass is 16.5. The molecule has 0 aliphatic carbocycles. The van der Waals surface area contributed by atoms with E-state index in [0.717, 1.165) is 6.42 Å². The number of nitrogens with zero attached hydrogens (tertiary/aromatic N) is 1. The van der Waals surface area contributed by atoms with Gasteiger partial charge < -0.3 is 14.8 Å². The van der Waals surface area contributed by atoms with E-state index in [1.807, 2.05) is 20.8 Å². The predicted octanol–water partition coefficient (Wildman–Crippen LogP) is 4.52. The van der Waals surface area contributed by atoms with E-state index in [4.69, 9.17) is 9.47 Å². The average Bonchev–Trinajstić information content (AvgIpc) is 2.53. The number of nitrogens with one attached hydrogen (secondary N) is 1. The summed E-state index contributed by atoms with van der Waals surface area (Å²) in [6.45, 7) is 12.3. The largest absolute Gasteiger partial charge is 0.491 e. The minimum Gasteiger partial charge on any atom is -0.491 e. The Kier molecular flexibility index (Phi) is 7.92. The van der Waals surface area contributed by atoms with Crippen molar-refractivity contribution in [1.29, 1.82) is 5.26 Å². The van der Waals surface area contributed by atoms with Crippen molar-refractivity contribution >= 4 is 11.6 Å². The molecule has 0 aromatic heterocycles. The van der Waals surface area contributed by atoms with Crippen molar-refractivity contribution in [1.82, 2.24) is 0 Å². The molecule has 0 aliphatic heterocycles. The molecule has 138 valence electrons. The molecule has 0 heterocycles. The van der Waals surface area contributed by atoms with Crippen LogP contribution < -0.4 is 10.1 Å². The van der Waals surface area contributed by atoms with E-state index in [9.17, 15) is 10.1 Å². The second kappa shape index (κ2) is 9.43. The van der Waals surface area contributed by atoms with Gasteiger partial charge in [-0.15, -0.1) is 0 Å². The number of carbonyl (C=O) groups excluding carboxylic acids is 1. The van der Waals surface area contributed by atoms with Crippen molar-refractivity contribution in [3.63, 3.8) is 0 Å². The highest BCUT2D eigenvalue weighted by molar-refractivity contribution is 5.98. The normalized spacial score (nSPS) is 13.4. The Balaban J connectivity index is 3.01. The van der Waals surface area contributed by atoms with Crippen molar-refractivity contribution in [2.45, 2.75) is 66.1 Å². The van der Waals surface area contributed by atoms with Crippen molar-refractivity contribution in [3.05, 3.63) is 23.8 Å². The van der Waals surface area contributed by atoms with Crippen LogP contribution in [0.4, 0.5) is 5.69 Å². The minimum absolute atomic E-state index is 0.0174. The summed E-state index contributed by atoms with van der Waals surface area (Å²) in [5.41, 5.74) is -0.0862. The number of amides is 1. The highest BCUT2D eigenvalue weighted by Crippen LogP contribution is 2.27. The number of rotatable bonds is 9. The highest BCUT2D eigenvalue weighted by Gasteiger charge is 2.35. The number of nitriles is 1. The zero-order chi connectivity index (χ0) is 19.0. The van der Waals surface area contributed by atoms with Gasteiger partial charge in [0.15, 0.2) is 0 Å². The molecule has 5 nitrogen and oxygen atoms in total. The molecule has 5 heteroatoms. The number of carbonyl (C=O) groups is 1. The van der Waals surface area contributed by atoms with Crippen LogP contribution in [0.15, 0.2) is 18.2 Å². The van der Waals surface area contributed by atoms with Crippen LogP contribution in [-0.4, -0.2) is 24.2 Å². The minimum atomic E-state index is -0.927. The Labute approximate surface area is 151 Å². The van der Waals surface area contributed by atoms with Crippen molar-refractivity contribution in [2.75, 3.05) is 11.9 Å². The van der Waals surface area contributed by atoms with Gasteiger partial charge in [-0.3, -0.25) is 4.79 Å². The van der Waals surface area contributed by atoms with Gasteiger partial charge in [0.25, 0.3) is 5.91 Å². The lowest BCUT2D eigenvalue weighted by atomic mass is 9.92. The second-order valence-electron chi connectivity index (χ2n) is 7.12. The van der Waals surface area contributed by atoms with Gasteiger partial charge in [-0.05, 0) is 51.7 Å². The summed E-state index contributed by atoms with van der Waals surface area (Å²) in [6, 6.07) is 7.21. The first-order valence-electron chi connectivity index (χ1n) is 8.88. The zero-order valence-corrected chi connectivity index (χ0v) is 16.2. The topological polar surface area (TPSA) is 71.3 Å².